The summed E-state index contributed by atoms with van der Waals surface area (Å²) < 4.78 is 61.7. The summed E-state index contributed by atoms with van der Waals surface area (Å²) in [5, 5.41) is 12.8. The number of hydrogen-bond acceptors (Lipinski definition) is 7. The Kier molecular flexibility index (Phi) is 5.36. The van der Waals surface area contributed by atoms with Crippen molar-refractivity contribution in [2.45, 2.75) is 29.8 Å². The average molecular weight is 435 g/mol. The number of nitro benzene ring substituents is 1. The third-order valence-electron chi connectivity index (χ3n) is 4.50. The highest BCUT2D eigenvalue weighted by Gasteiger charge is 2.35. The zero-order chi connectivity index (χ0) is 20.7. The van der Waals surface area contributed by atoms with Crippen molar-refractivity contribution >= 4 is 32.5 Å². The van der Waals surface area contributed by atoms with Gasteiger partial charge in [-0.25, -0.2) is 13.4 Å². The third-order valence-corrected chi connectivity index (χ3v) is 6.61. The number of halogens is 3. The molecule has 1 unspecified atom stereocenters. The van der Waals surface area contributed by atoms with Crippen LogP contribution in [0.3, 0.4) is 0 Å². The first-order valence-electron chi connectivity index (χ1n) is 8.23. The smallest absolute Gasteiger partial charge is 0.365 e. The molecule has 7 nitrogen and oxygen atoms in total. The summed E-state index contributed by atoms with van der Waals surface area (Å²) in [6, 6.07) is 3.69. The number of anilines is 1. The minimum atomic E-state index is -4.51. The molecule has 0 saturated carbocycles. The lowest BCUT2D eigenvalue weighted by Crippen LogP contribution is -2.34. The second-order valence-corrected chi connectivity index (χ2v) is 9.44. The van der Waals surface area contributed by atoms with E-state index in [1.807, 2.05) is 0 Å². The normalized spacial score (nSPS) is 18.3. The summed E-state index contributed by atoms with van der Waals surface area (Å²) in [5.74, 6) is -0.288. The number of rotatable bonds is 4. The Bertz CT molecular complexity index is 1000. The Hall–Kier alpha value is -2.21. The zero-order valence-electron chi connectivity index (χ0n) is 14.6. The molecule has 1 aliphatic heterocycles. The Morgan fingerprint density at radius 2 is 2.07 bits per heavy atom. The SMILES string of the molecule is CS(=O)(=O)c1ccc(N2CCCC(c3nc(C(F)(F)F)cs3)C2)c([N+](=O)[O-])c1. The number of aromatic nitrogens is 1. The number of nitrogens with zero attached hydrogens (tertiary/aromatic N) is 3. The van der Waals surface area contributed by atoms with E-state index >= 15 is 0 Å². The highest BCUT2D eigenvalue weighted by molar-refractivity contribution is 7.90. The van der Waals surface area contributed by atoms with Crippen molar-refractivity contribution in [1.82, 2.24) is 4.98 Å². The van der Waals surface area contributed by atoms with Crippen molar-refractivity contribution in [2.24, 2.45) is 0 Å². The van der Waals surface area contributed by atoms with E-state index in [4.69, 9.17) is 0 Å². The van der Waals surface area contributed by atoms with Crippen LogP contribution in [0.2, 0.25) is 0 Å². The first-order valence-corrected chi connectivity index (χ1v) is 11.0. The van der Waals surface area contributed by atoms with Crippen molar-refractivity contribution < 1.29 is 26.5 Å². The summed E-state index contributed by atoms with van der Waals surface area (Å²) >= 11 is 0.926. The predicted octanol–water partition coefficient (Wildman–Crippen LogP) is 3.86. The van der Waals surface area contributed by atoms with Crippen molar-refractivity contribution in [3.8, 4) is 0 Å². The molecule has 1 saturated heterocycles. The predicted molar refractivity (Wildman–Crippen MR) is 97.5 cm³/mol. The molecule has 152 valence electrons. The van der Waals surface area contributed by atoms with Crippen molar-refractivity contribution in [1.29, 1.82) is 0 Å². The molecule has 1 aliphatic rings. The first-order chi connectivity index (χ1) is 13.0. The summed E-state index contributed by atoms with van der Waals surface area (Å²) in [5.41, 5.74) is -1.04. The van der Waals surface area contributed by atoms with Crippen LogP contribution in [0.5, 0.6) is 0 Å². The molecule has 0 spiro atoms. The maximum Gasteiger partial charge on any atom is 0.434 e. The van der Waals surface area contributed by atoms with Crippen LogP contribution in [-0.2, 0) is 16.0 Å². The molecule has 28 heavy (non-hydrogen) atoms. The summed E-state index contributed by atoms with van der Waals surface area (Å²) in [7, 11) is -3.61. The standard InChI is InChI=1S/C16H16F3N3O4S2/c1-28(25,26)11-4-5-12(13(7-11)22(23)24)21-6-2-3-10(8-21)15-20-14(9-27-15)16(17,18)19/h4-5,7,9-10H,2-3,6,8H2,1H3. The Balaban J connectivity index is 1.90. The van der Waals surface area contributed by atoms with Crippen LogP contribution in [-0.4, -0.2) is 37.7 Å². The minimum absolute atomic E-state index is 0.161. The van der Waals surface area contributed by atoms with Gasteiger partial charge in [-0.1, -0.05) is 0 Å². The van der Waals surface area contributed by atoms with Gasteiger partial charge in [0.2, 0.25) is 0 Å². The molecule has 0 radical (unpaired) electrons. The van der Waals surface area contributed by atoms with E-state index in [-0.39, 0.29) is 28.7 Å². The van der Waals surface area contributed by atoms with E-state index in [1.165, 1.54) is 12.1 Å². The minimum Gasteiger partial charge on any atom is -0.365 e. The molecule has 3 rings (SSSR count). The van der Waals surface area contributed by atoms with Crippen LogP contribution in [0.1, 0.15) is 29.5 Å². The molecule has 0 bridgehead atoms. The fraction of sp³-hybridized carbons (Fsp3) is 0.438. The van der Waals surface area contributed by atoms with E-state index in [9.17, 15) is 31.7 Å². The highest BCUT2D eigenvalue weighted by Crippen LogP contribution is 2.38. The van der Waals surface area contributed by atoms with Gasteiger partial charge in [0.25, 0.3) is 5.69 Å². The molecule has 1 aromatic heterocycles. The number of alkyl halides is 3. The van der Waals surface area contributed by atoms with Crippen molar-refractivity contribution in [3.05, 3.63) is 44.4 Å². The number of benzene rings is 1. The fourth-order valence-corrected chi connectivity index (χ4v) is 4.75. The number of piperidine rings is 1. The molecule has 0 aliphatic carbocycles. The Labute approximate surface area is 162 Å². The second-order valence-electron chi connectivity index (χ2n) is 6.53. The lowest BCUT2D eigenvalue weighted by Gasteiger charge is -2.33. The van der Waals surface area contributed by atoms with E-state index in [2.05, 4.69) is 4.98 Å². The van der Waals surface area contributed by atoms with Crippen LogP contribution in [0.15, 0.2) is 28.5 Å². The Morgan fingerprint density at radius 1 is 1.36 bits per heavy atom. The summed E-state index contributed by atoms with van der Waals surface area (Å²) in [6.45, 7) is 0.747. The van der Waals surface area contributed by atoms with Gasteiger partial charge in [0.05, 0.1) is 14.8 Å². The van der Waals surface area contributed by atoms with Gasteiger partial charge in [0.1, 0.15) is 5.69 Å². The number of thiazole rings is 1. The Morgan fingerprint density at radius 3 is 2.64 bits per heavy atom. The van der Waals surface area contributed by atoms with Gasteiger partial charge in [-0.3, -0.25) is 10.1 Å². The molecule has 12 heteroatoms. The van der Waals surface area contributed by atoms with Crippen molar-refractivity contribution in [2.75, 3.05) is 24.2 Å². The molecule has 0 N–H and O–H groups in total. The molecule has 0 amide bonds. The number of sulfone groups is 1. The van der Waals surface area contributed by atoms with E-state index in [1.54, 1.807) is 4.90 Å². The van der Waals surface area contributed by atoms with Crippen LogP contribution >= 0.6 is 11.3 Å². The molecule has 2 heterocycles. The second kappa shape index (κ2) is 7.32. The zero-order valence-corrected chi connectivity index (χ0v) is 16.3. The van der Waals surface area contributed by atoms with Crippen molar-refractivity contribution in [3.63, 3.8) is 0 Å². The topological polar surface area (TPSA) is 93.4 Å². The van der Waals surface area contributed by atoms with Crippen LogP contribution in [0.4, 0.5) is 24.5 Å². The highest BCUT2D eigenvalue weighted by atomic mass is 32.2. The maximum absolute atomic E-state index is 12.8. The van der Waals surface area contributed by atoms with Gasteiger partial charge in [-0.15, -0.1) is 11.3 Å². The molecular weight excluding hydrogens is 419 g/mol. The maximum atomic E-state index is 12.8. The van der Waals surface area contributed by atoms with E-state index in [0.717, 1.165) is 29.0 Å². The van der Waals surface area contributed by atoms with Gasteiger partial charge < -0.3 is 4.90 Å². The largest absolute Gasteiger partial charge is 0.434 e. The van der Waals surface area contributed by atoms with Crippen LogP contribution in [0.25, 0.3) is 0 Å². The summed E-state index contributed by atoms with van der Waals surface area (Å²) in [4.78, 5) is 16.0. The lowest BCUT2D eigenvalue weighted by atomic mass is 9.98. The monoisotopic (exact) mass is 435 g/mol. The van der Waals surface area contributed by atoms with Crippen LogP contribution in [0, 0.1) is 10.1 Å². The molecule has 1 atom stereocenters. The number of hydrogen-bond donors (Lipinski definition) is 0. The van der Waals surface area contributed by atoms with Gasteiger partial charge in [-0.2, -0.15) is 13.2 Å². The average Bonchev–Trinajstić information content (AvgIpc) is 3.11. The third kappa shape index (κ3) is 4.27. The van der Waals surface area contributed by atoms with Crippen LogP contribution < -0.4 is 4.90 Å². The van der Waals surface area contributed by atoms with Gasteiger partial charge in [0, 0.05) is 36.7 Å². The number of nitro groups is 1. The van der Waals surface area contributed by atoms with Gasteiger partial charge >= 0.3 is 6.18 Å². The molecular formula is C16H16F3N3O4S2. The van der Waals surface area contributed by atoms with E-state index < -0.39 is 26.6 Å². The first kappa shape index (κ1) is 20.5. The molecule has 2 aromatic rings. The molecule has 1 fully saturated rings. The lowest BCUT2D eigenvalue weighted by molar-refractivity contribution is -0.384. The quantitative estimate of drug-likeness (QED) is 0.535. The molecule has 1 aromatic carbocycles. The van der Waals surface area contributed by atoms with Gasteiger partial charge in [0.15, 0.2) is 15.5 Å². The fourth-order valence-electron chi connectivity index (χ4n) is 3.15. The van der Waals surface area contributed by atoms with Gasteiger partial charge in [-0.05, 0) is 25.0 Å². The summed E-state index contributed by atoms with van der Waals surface area (Å²) in [6.07, 6.45) is -2.31. The van der Waals surface area contributed by atoms with E-state index in [0.29, 0.717) is 24.4 Å².